The zero-order valence-corrected chi connectivity index (χ0v) is 22.4. The molecule has 33 heavy (non-hydrogen) atoms. The maximum Gasteiger partial charge on any atom is 0.310 e. The molecule has 0 aromatic heterocycles. The summed E-state index contributed by atoms with van der Waals surface area (Å²) in [7, 11) is 0. The third-order valence-corrected chi connectivity index (χ3v) is 5.45. The largest absolute Gasteiger partial charge is 0.461 e. The predicted octanol–water partition coefficient (Wildman–Crippen LogP) is 3.65. The van der Waals surface area contributed by atoms with Crippen LogP contribution >= 0.6 is 34.8 Å². The van der Waals surface area contributed by atoms with Crippen molar-refractivity contribution in [2.45, 2.75) is 76.2 Å². The number of likely N-dealkylation sites (tertiary alicyclic amines) is 1. The third kappa shape index (κ3) is 11.1. The molecule has 0 aromatic rings. The molecule has 8 nitrogen and oxygen atoms in total. The van der Waals surface area contributed by atoms with E-state index in [0.717, 1.165) is 0 Å². The SMILES string of the molecule is CC(C)[C@H](CC(=O)OC(C)(C)C)C(=O)N[C@@H](C)C(=O)N1CCC[C@@H](C(=O)OCC(Cl)(Cl)Cl)C1. The molecule has 1 aliphatic rings. The van der Waals surface area contributed by atoms with Gasteiger partial charge >= 0.3 is 11.9 Å². The fourth-order valence-corrected chi connectivity index (χ4v) is 3.65. The van der Waals surface area contributed by atoms with Crippen LogP contribution in [-0.2, 0) is 28.7 Å². The van der Waals surface area contributed by atoms with Gasteiger partial charge in [-0.25, -0.2) is 0 Å². The Kier molecular flexibility index (Phi) is 11.2. The van der Waals surface area contributed by atoms with E-state index in [4.69, 9.17) is 44.3 Å². The highest BCUT2D eigenvalue weighted by Gasteiger charge is 2.35. The zero-order valence-electron chi connectivity index (χ0n) is 20.1. The van der Waals surface area contributed by atoms with Gasteiger partial charge in [-0.1, -0.05) is 48.7 Å². The molecular formula is C22H35Cl3N2O6. The van der Waals surface area contributed by atoms with Crippen LogP contribution in [0.3, 0.4) is 0 Å². The number of esters is 2. The van der Waals surface area contributed by atoms with E-state index < -0.39 is 45.1 Å². The van der Waals surface area contributed by atoms with Crippen molar-refractivity contribution in [2.75, 3.05) is 19.7 Å². The Labute approximate surface area is 210 Å². The molecule has 0 aromatic carbocycles. The van der Waals surface area contributed by atoms with E-state index in [1.165, 1.54) is 4.90 Å². The zero-order chi connectivity index (χ0) is 25.6. The van der Waals surface area contributed by atoms with Crippen molar-refractivity contribution in [2.24, 2.45) is 17.8 Å². The van der Waals surface area contributed by atoms with Crippen LogP contribution < -0.4 is 5.32 Å². The summed E-state index contributed by atoms with van der Waals surface area (Å²) in [6.45, 7) is 10.8. The van der Waals surface area contributed by atoms with Crippen LogP contribution in [0, 0.1) is 17.8 Å². The molecule has 1 saturated heterocycles. The summed E-state index contributed by atoms with van der Waals surface area (Å²) in [5.41, 5.74) is -0.650. The molecule has 0 spiro atoms. The lowest BCUT2D eigenvalue weighted by atomic mass is 9.91. The first-order valence-corrected chi connectivity index (χ1v) is 12.2. The van der Waals surface area contributed by atoms with Gasteiger partial charge in [-0.05, 0) is 46.5 Å². The van der Waals surface area contributed by atoms with Crippen LogP contribution in [0.15, 0.2) is 0 Å². The van der Waals surface area contributed by atoms with Crippen molar-refractivity contribution in [1.82, 2.24) is 10.2 Å². The second kappa shape index (κ2) is 12.5. The Bertz CT molecular complexity index is 718. The molecular weight excluding hydrogens is 495 g/mol. The monoisotopic (exact) mass is 528 g/mol. The van der Waals surface area contributed by atoms with Crippen molar-refractivity contribution >= 4 is 58.6 Å². The maximum atomic E-state index is 12.9. The van der Waals surface area contributed by atoms with Gasteiger partial charge in [-0.15, -0.1) is 0 Å². The number of ether oxygens (including phenoxy) is 2. The molecule has 190 valence electrons. The van der Waals surface area contributed by atoms with Gasteiger partial charge in [0, 0.05) is 13.1 Å². The number of nitrogens with zero attached hydrogens (tertiary/aromatic N) is 1. The van der Waals surface area contributed by atoms with E-state index in [1.54, 1.807) is 27.7 Å². The van der Waals surface area contributed by atoms with Gasteiger partial charge in [-0.3, -0.25) is 19.2 Å². The molecule has 1 fully saturated rings. The fourth-order valence-electron chi connectivity index (χ4n) is 3.49. The van der Waals surface area contributed by atoms with Crippen molar-refractivity contribution < 1.29 is 28.7 Å². The van der Waals surface area contributed by atoms with Crippen LogP contribution in [0.4, 0.5) is 0 Å². The summed E-state index contributed by atoms with van der Waals surface area (Å²) in [5.74, 6) is -3.02. The number of amides is 2. The highest BCUT2D eigenvalue weighted by atomic mass is 35.6. The molecule has 2 amide bonds. The van der Waals surface area contributed by atoms with Gasteiger partial charge in [0.05, 0.1) is 18.3 Å². The minimum atomic E-state index is -1.70. The Morgan fingerprint density at radius 3 is 2.21 bits per heavy atom. The Hall–Kier alpha value is -1.25. The summed E-state index contributed by atoms with van der Waals surface area (Å²) in [6.07, 6.45) is 1.07. The standard InChI is InChI=1S/C22H35Cl3N2O6/c1-13(2)16(10-17(28)33-21(4,5)6)18(29)26-14(3)19(30)27-9-7-8-15(11-27)20(31)32-12-22(23,24)25/h13-16H,7-12H2,1-6H3,(H,26,29)/t14-,15+,16-/m0/s1. The number of rotatable bonds is 8. The van der Waals surface area contributed by atoms with Gasteiger partial charge < -0.3 is 19.7 Å². The summed E-state index contributed by atoms with van der Waals surface area (Å²) >= 11 is 16.8. The molecule has 0 bridgehead atoms. The second-order valence-electron chi connectivity index (χ2n) is 9.72. The van der Waals surface area contributed by atoms with E-state index in [9.17, 15) is 19.2 Å². The number of alkyl halides is 3. The Morgan fingerprint density at radius 2 is 1.70 bits per heavy atom. The number of hydrogen-bond acceptors (Lipinski definition) is 6. The van der Waals surface area contributed by atoms with Gasteiger partial charge in [-0.2, -0.15) is 0 Å². The summed E-state index contributed by atoms with van der Waals surface area (Å²) in [5, 5.41) is 2.71. The molecule has 0 aliphatic carbocycles. The first-order valence-electron chi connectivity index (χ1n) is 11.0. The molecule has 1 aliphatic heterocycles. The topological polar surface area (TPSA) is 102 Å². The molecule has 11 heteroatoms. The smallest absolute Gasteiger partial charge is 0.310 e. The number of halogens is 3. The van der Waals surface area contributed by atoms with Crippen molar-refractivity contribution in [3.05, 3.63) is 0 Å². The summed E-state index contributed by atoms with van der Waals surface area (Å²) < 4.78 is 8.67. The highest BCUT2D eigenvalue weighted by molar-refractivity contribution is 6.67. The number of piperidine rings is 1. The third-order valence-electron chi connectivity index (χ3n) is 5.12. The lowest BCUT2D eigenvalue weighted by Crippen LogP contribution is -2.52. The maximum absolute atomic E-state index is 12.9. The fraction of sp³-hybridized carbons (Fsp3) is 0.818. The second-order valence-corrected chi connectivity index (χ2v) is 12.2. The quantitative estimate of drug-likeness (QED) is 0.380. The number of hydrogen-bond donors (Lipinski definition) is 1. The van der Waals surface area contributed by atoms with E-state index in [1.807, 2.05) is 13.8 Å². The molecule has 1 N–H and O–H groups in total. The molecule has 1 heterocycles. The van der Waals surface area contributed by atoms with Gasteiger partial charge in [0.15, 0.2) is 0 Å². The van der Waals surface area contributed by atoms with E-state index in [2.05, 4.69) is 5.32 Å². The highest BCUT2D eigenvalue weighted by Crippen LogP contribution is 2.27. The summed E-state index contributed by atoms with van der Waals surface area (Å²) in [6, 6.07) is -0.826. The van der Waals surface area contributed by atoms with Crippen molar-refractivity contribution in [1.29, 1.82) is 0 Å². The van der Waals surface area contributed by atoms with Crippen molar-refractivity contribution in [3.8, 4) is 0 Å². The average molecular weight is 530 g/mol. The first-order chi connectivity index (χ1) is 15.0. The Morgan fingerprint density at radius 1 is 1.09 bits per heavy atom. The predicted molar refractivity (Wildman–Crippen MR) is 127 cm³/mol. The molecule has 0 radical (unpaired) electrons. The van der Waals surface area contributed by atoms with Crippen molar-refractivity contribution in [3.63, 3.8) is 0 Å². The van der Waals surface area contributed by atoms with Crippen LogP contribution in [0.25, 0.3) is 0 Å². The lowest BCUT2D eigenvalue weighted by molar-refractivity contribution is -0.158. The van der Waals surface area contributed by atoms with E-state index in [0.29, 0.717) is 19.4 Å². The molecule has 3 atom stereocenters. The minimum Gasteiger partial charge on any atom is -0.461 e. The van der Waals surface area contributed by atoms with Crippen LogP contribution in [-0.4, -0.2) is 63.8 Å². The lowest BCUT2D eigenvalue weighted by Gasteiger charge is -2.34. The van der Waals surface area contributed by atoms with Crippen LogP contribution in [0.2, 0.25) is 0 Å². The summed E-state index contributed by atoms with van der Waals surface area (Å²) in [4.78, 5) is 51.8. The van der Waals surface area contributed by atoms with Gasteiger partial charge in [0.1, 0.15) is 18.2 Å². The number of carbonyl (C=O) groups excluding carboxylic acids is 4. The van der Waals surface area contributed by atoms with Crippen LogP contribution in [0.5, 0.6) is 0 Å². The normalized spacial score (nSPS) is 19.0. The molecule has 0 unspecified atom stereocenters. The van der Waals surface area contributed by atoms with E-state index in [-0.39, 0.29) is 31.4 Å². The average Bonchev–Trinajstić information content (AvgIpc) is 2.67. The Balaban J connectivity index is 2.70. The first kappa shape index (κ1) is 29.8. The molecule has 0 saturated carbocycles. The van der Waals surface area contributed by atoms with E-state index >= 15 is 0 Å². The minimum absolute atomic E-state index is 0.0808. The van der Waals surface area contributed by atoms with Gasteiger partial charge in [0.2, 0.25) is 15.6 Å². The number of carbonyl (C=O) groups is 4. The molecule has 1 rings (SSSR count). The van der Waals surface area contributed by atoms with Crippen LogP contribution in [0.1, 0.15) is 60.8 Å². The van der Waals surface area contributed by atoms with Gasteiger partial charge in [0.25, 0.3) is 0 Å². The number of nitrogens with one attached hydrogen (secondary N) is 1.